The summed E-state index contributed by atoms with van der Waals surface area (Å²) in [6, 6.07) is 21.8. The second-order valence-corrected chi connectivity index (χ2v) is 8.88. The summed E-state index contributed by atoms with van der Waals surface area (Å²) in [5.41, 5.74) is 2.74. The first-order valence-electron chi connectivity index (χ1n) is 11.5. The maximum absolute atomic E-state index is 13.7. The molecule has 0 spiro atoms. The fraction of sp³-hybridized carbons (Fsp3) is 0.296. The summed E-state index contributed by atoms with van der Waals surface area (Å²) < 4.78 is 42.9. The Morgan fingerprint density at radius 1 is 0.941 bits per heavy atom. The zero-order valence-corrected chi connectivity index (χ0v) is 18.7. The summed E-state index contributed by atoms with van der Waals surface area (Å²) >= 11 is 0. The third-order valence-corrected chi connectivity index (χ3v) is 6.53. The van der Waals surface area contributed by atoms with Crippen LogP contribution in [0.4, 0.5) is 18.9 Å². The van der Waals surface area contributed by atoms with Gasteiger partial charge in [-0.15, -0.1) is 0 Å². The van der Waals surface area contributed by atoms with Crippen LogP contribution in [0.1, 0.15) is 24.0 Å². The number of alkyl halides is 3. The fourth-order valence-electron chi connectivity index (χ4n) is 4.83. The second kappa shape index (κ2) is 9.14. The predicted molar refractivity (Wildman–Crippen MR) is 128 cm³/mol. The molecule has 1 fully saturated rings. The minimum atomic E-state index is -4.48. The van der Waals surface area contributed by atoms with Crippen molar-refractivity contribution in [3.63, 3.8) is 0 Å². The molecule has 2 heterocycles. The summed E-state index contributed by atoms with van der Waals surface area (Å²) in [4.78, 5) is 2.26. The fourth-order valence-corrected chi connectivity index (χ4v) is 4.83. The molecule has 5 rings (SSSR count). The number of aliphatic hydroxyl groups is 1. The first kappa shape index (κ1) is 22.5. The number of halogens is 3. The predicted octanol–water partition coefficient (Wildman–Crippen LogP) is 5.98. The van der Waals surface area contributed by atoms with E-state index in [1.54, 1.807) is 10.7 Å². The van der Waals surface area contributed by atoms with E-state index in [1.165, 1.54) is 6.07 Å². The SMILES string of the molecule is OCC1CCCN(c2ccc(-c3c4cccc(C(F)(F)F)c4nn3Cc3ccccc3)cc2)C1. The summed E-state index contributed by atoms with van der Waals surface area (Å²) in [6.45, 7) is 2.29. The number of hydrogen-bond acceptors (Lipinski definition) is 3. The molecule has 1 unspecified atom stereocenters. The number of rotatable bonds is 5. The highest BCUT2D eigenvalue weighted by Gasteiger charge is 2.34. The first-order chi connectivity index (χ1) is 16.4. The highest BCUT2D eigenvalue weighted by molar-refractivity contribution is 5.95. The molecule has 1 saturated heterocycles. The Labute approximate surface area is 196 Å². The molecule has 0 radical (unpaired) electrons. The average molecular weight is 466 g/mol. The summed E-state index contributed by atoms with van der Waals surface area (Å²) in [6.07, 6.45) is -2.43. The number of aromatic nitrogens is 2. The van der Waals surface area contributed by atoms with Gasteiger partial charge >= 0.3 is 6.18 Å². The van der Waals surface area contributed by atoms with Gasteiger partial charge in [0.25, 0.3) is 0 Å². The van der Waals surface area contributed by atoms with Crippen molar-refractivity contribution in [3.05, 3.63) is 83.9 Å². The van der Waals surface area contributed by atoms with Gasteiger partial charge in [0, 0.05) is 36.3 Å². The molecule has 3 aromatic carbocycles. The van der Waals surface area contributed by atoms with E-state index in [0.717, 1.165) is 48.8 Å². The minimum absolute atomic E-state index is 0.0353. The highest BCUT2D eigenvalue weighted by atomic mass is 19.4. The Balaban J connectivity index is 1.58. The largest absolute Gasteiger partial charge is 0.418 e. The molecule has 0 bridgehead atoms. The van der Waals surface area contributed by atoms with Crippen molar-refractivity contribution in [2.75, 3.05) is 24.6 Å². The minimum Gasteiger partial charge on any atom is -0.396 e. The normalized spacial score (nSPS) is 16.8. The van der Waals surface area contributed by atoms with Crippen molar-refractivity contribution in [1.82, 2.24) is 9.78 Å². The van der Waals surface area contributed by atoms with Crippen molar-refractivity contribution in [2.45, 2.75) is 25.6 Å². The molecule has 34 heavy (non-hydrogen) atoms. The lowest BCUT2D eigenvalue weighted by molar-refractivity contribution is -0.136. The van der Waals surface area contributed by atoms with Crippen LogP contribution in [-0.2, 0) is 12.7 Å². The number of hydrogen-bond donors (Lipinski definition) is 1. The van der Waals surface area contributed by atoms with Gasteiger partial charge in [-0.3, -0.25) is 4.68 Å². The summed E-state index contributed by atoms with van der Waals surface area (Å²) in [5, 5.41) is 14.5. The van der Waals surface area contributed by atoms with Gasteiger partial charge in [-0.25, -0.2) is 0 Å². The third-order valence-electron chi connectivity index (χ3n) is 6.53. The molecule has 0 saturated carbocycles. The number of benzene rings is 3. The maximum Gasteiger partial charge on any atom is 0.418 e. The van der Waals surface area contributed by atoms with Crippen LogP contribution in [0.2, 0.25) is 0 Å². The van der Waals surface area contributed by atoms with Gasteiger partial charge in [-0.05, 0) is 42.5 Å². The van der Waals surface area contributed by atoms with E-state index in [2.05, 4.69) is 10.00 Å². The van der Waals surface area contributed by atoms with Gasteiger partial charge in [0.1, 0.15) is 5.52 Å². The van der Waals surface area contributed by atoms with Crippen LogP contribution in [0.25, 0.3) is 22.2 Å². The highest BCUT2D eigenvalue weighted by Crippen LogP contribution is 2.38. The van der Waals surface area contributed by atoms with E-state index in [-0.39, 0.29) is 18.0 Å². The van der Waals surface area contributed by atoms with Crippen LogP contribution < -0.4 is 4.90 Å². The van der Waals surface area contributed by atoms with Crippen molar-refractivity contribution in [1.29, 1.82) is 0 Å². The van der Waals surface area contributed by atoms with Gasteiger partial charge in [-0.2, -0.15) is 18.3 Å². The number of fused-ring (bicyclic) bond motifs is 1. The lowest BCUT2D eigenvalue weighted by Gasteiger charge is -2.33. The maximum atomic E-state index is 13.7. The van der Waals surface area contributed by atoms with Gasteiger partial charge in [-0.1, -0.05) is 54.6 Å². The monoisotopic (exact) mass is 465 g/mol. The van der Waals surface area contributed by atoms with E-state index < -0.39 is 11.7 Å². The standard InChI is InChI=1S/C27H26F3N3O/c28-27(29,30)24-10-4-9-23-25(24)31-33(17-19-6-2-1-3-7-19)26(23)21-11-13-22(14-12-21)32-15-5-8-20(16-32)18-34/h1-4,6-7,9-14,20,34H,5,8,15-18H2. The van der Waals surface area contributed by atoms with Gasteiger partial charge in [0.2, 0.25) is 0 Å². The molecule has 0 aliphatic carbocycles. The van der Waals surface area contributed by atoms with Crippen molar-refractivity contribution in [2.24, 2.45) is 5.92 Å². The van der Waals surface area contributed by atoms with Crippen LogP contribution >= 0.6 is 0 Å². The van der Waals surface area contributed by atoms with Crippen LogP contribution in [0.5, 0.6) is 0 Å². The smallest absolute Gasteiger partial charge is 0.396 e. The lowest BCUT2D eigenvalue weighted by atomic mass is 9.98. The number of anilines is 1. The van der Waals surface area contributed by atoms with Crippen molar-refractivity contribution < 1.29 is 18.3 Å². The number of nitrogens with zero attached hydrogens (tertiary/aromatic N) is 3. The van der Waals surface area contributed by atoms with Gasteiger partial charge < -0.3 is 10.0 Å². The van der Waals surface area contributed by atoms with Crippen LogP contribution in [0, 0.1) is 5.92 Å². The number of aliphatic hydroxyl groups excluding tert-OH is 1. The molecule has 4 aromatic rings. The molecule has 1 N–H and O–H groups in total. The Bertz CT molecular complexity index is 1270. The van der Waals surface area contributed by atoms with E-state index in [9.17, 15) is 18.3 Å². The third kappa shape index (κ3) is 4.40. The van der Waals surface area contributed by atoms with E-state index in [4.69, 9.17) is 0 Å². The Morgan fingerprint density at radius 3 is 2.41 bits per heavy atom. The Morgan fingerprint density at radius 2 is 1.71 bits per heavy atom. The molecule has 4 nitrogen and oxygen atoms in total. The molecule has 0 amide bonds. The van der Waals surface area contributed by atoms with E-state index in [0.29, 0.717) is 17.6 Å². The lowest BCUT2D eigenvalue weighted by Crippen LogP contribution is -2.36. The summed E-state index contributed by atoms with van der Waals surface area (Å²) in [5.74, 6) is 0.269. The zero-order chi connectivity index (χ0) is 23.7. The van der Waals surface area contributed by atoms with Crippen molar-refractivity contribution >= 4 is 16.6 Å². The van der Waals surface area contributed by atoms with Gasteiger partial charge in [0.05, 0.1) is 17.8 Å². The molecule has 1 atom stereocenters. The van der Waals surface area contributed by atoms with Crippen LogP contribution in [0.3, 0.4) is 0 Å². The summed E-state index contributed by atoms with van der Waals surface area (Å²) in [7, 11) is 0. The topological polar surface area (TPSA) is 41.3 Å². The van der Waals surface area contributed by atoms with Crippen LogP contribution in [0.15, 0.2) is 72.8 Å². The molecule has 7 heteroatoms. The molecular weight excluding hydrogens is 439 g/mol. The quantitative estimate of drug-likeness (QED) is 0.394. The molecule has 1 aliphatic rings. The number of piperidine rings is 1. The Hall–Kier alpha value is -3.32. The first-order valence-corrected chi connectivity index (χ1v) is 11.5. The van der Waals surface area contributed by atoms with E-state index >= 15 is 0 Å². The van der Waals surface area contributed by atoms with Crippen LogP contribution in [-0.4, -0.2) is 34.6 Å². The van der Waals surface area contributed by atoms with Gasteiger partial charge in [0.15, 0.2) is 0 Å². The van der Waals surface area contributed by atoms with Crippen molar-refractivity contribution in [3.8, 4) is 11.3 Å². The molecular formula is C27H26F3N3O. The van der Waals surface area contributed by atoms with E-state index in [1.807, 2.05) is 54.6 Å². The average Bonchev–Trinajstić information content (AvgIpc) is 3.22. The zero-order valence-electron chi connectivity index (χ0n) is 18.7. The molecule has 176 valence electrons. The molecule has 1 aromatic heterocycles. The Kier molecular flexibility index (Phi) is 6.04. The molecule has 1 aliphatic heterocycles. The second-order valence-electron chi connectivity index (χ2n) is 8.88.